The molecule has 0 spiro atoms. The molecule has 0 unspecified atom stereocenters. The van der Waals surface area contributed by atoms with Crippen molar-refractivity contribution in [3.8, 4) is 0 Å². The van der Waals surface area contributed by atoms with E-state index in [9.17, 15) is 4.79 Å². The smallest absolute Gasteiger partial charge is 0.251 e. The molecule has 2 atom stereocenters. The fourth-order valence-corrected chi connectivity index (χ4v) is 2.99. The summed E-state index contributed by atoms with van der Waals surface area (Å²) in [6.07, 6.45) is 5.64. The highest BCUT2D eigenvalue weighted by Crippen LogP contribution is 2.21. The van der Waals surface area contributed by atoms with Gasteiger partial charge in [0.15, 0.2) is 0 Å². The Balaban J connectivity index is 2.09. The topological polar surface area (TPSA) is 47.6 Å². The Morgan fingerprint density at radius 1 is 1.19 bits per heavy atom. The molecule has 116 valence electrons. The molecule has 2 rings (SSSR count). The van der Waals surface area contributed by atoms with Gasteiger partial charge in [-0.15, -0.1) is 0 Å². The number of ether oxygens (including phenoxy) is 2. The highest BCUT2D eigenvalue weighted by Gasteiger charge is 2.25. The molecule has 0 bridgehead atoms. The van der Waals surface area contributed by atoms with Gasteiger partial charge in [-0.25, -0.2) is 0 Å². The summed E-state index contributed by atoms with van der Waals surface area (Å²) < 4.78 is 10.7. The number of hydrogen-bond donors (Lipinski definition) is 1. The molecular formula is C17H25NO3. The summed E-state index contributed by atoms with van der Waals surface area (Å²) in [7, 11) is 3.37. The summed E-state index contributed by atoms with van der Waals surface area (Å²) in [6, 6.07) is 7.69. The highest BCUT2D eigenvalue weighted by molar-refractivity contribution is 5.95. The van der Waals surface area contributed by atoms with Gasteiger partial charge in [0.2, 0.25) is 0 Å². The second kappa shape index (κ2) is 8.15. The normalized spacial score (nSPS) is 22.6. The molecule has 0 aliphatic heterocycles. The Bertz CT molecular complexity index is 461. The van der Waals surface area contributed by atoms with Crippen LogP contribution in [0.1, 0.15) is 48.0 Å². The van der Waals surface area contributed by atoms with Crippen LogP contribution in [0.5, 0.6) is 0 Å². The van der Waals surface area contributed by atoms with Crippen molar-refractivity contribution in [3.63, 3.8) is 0 Å². The van der Waals surface area contributed by atoms with E-state index in [0.29, 0.717) is 12.2 Å². The van der Waals surface area contributed by atoms with E-state index in [-0.39, 0.29) is 18.1 Å². The van der Waals surface area contributed by atoms with Crippen LogP contribution < -0.4 is 5.32 Å². The first-order valence-electron chi connectivity index (χ1n) is 7.66. The third-order valence-electron chi connectivity index (χ3n) is 4.13. The number of methoxy groups -OCH3 is 2. The van der Waals surface area contributed by atoms with Crippen LogP contribution in [-0.4, -0.2) is 32.3 Å². The maximum Gasteiger partial charge on any atom is 0.251 e. The van der Waals surface area contributed by atoms with Crippen molar-refractivity contribution >= 4 is 5.91 Å². The lowest BCUT2D eigenvalue weighted by Crippen LogP contribution is -2.43. The molecule has 1 aromatic rings. The standard InChI is InChI=1S/C17H25NO3/c1-20-12-13-8-6-7-9-14(13)17(19)18-15-10-4-3-5-11-16(15)21-2/h6-9,15-16H,3-5,10-12H2,1-2H3,(H,18,19)/t15-,16+/m0/s1. The van der Waals surface area contributed by atoms with Crippen molar-refractivity contribution in [1.29, 1.82) is 0 Å². The monoisotopic (exact) mass is 291 g/mol. The van der Waals surface area contributed by atoms with Gasteiger partial charge in [-0.3, -0.25) is 4.79 Å². The van der Waals surface area contributed by atoms with Crippen LogP contribution in [0.25, 0.3) is 0 Å². The fraction of sp³-hybridized carbons (Fsp3) is 0.588. The van der Waals surface area contributed by atoms with E-state index >= 15 is 0 Å². The average molecular weight is 291 g/mol. The number of hydrogen-bond acceptors (Lipinski definition) is 3. The van der Waals surface area contributed by atoms with E-state index in [1.54, 1.807) is 14.2 Å². The zero-order valence-corrected chi connectivity index (χ0v) is 12.9. The van der Waals surface area contributed by atoms with Crippen LogP contribution in [0.4, 0.5) is 0 Å². The molecule has 1 aliphatic rings. The summed E-state index contributed by atoms with van der Waals surface area (Å²) in [6.45, 7) is 0.446. The first-order valence-corrected chi connectivity index (χ1v) is 7.66. The predicted molar refractivity (Wildman–Crippen MR) is 82.3 cm³/mol. The van der Waals surface area contributed by atoms with Crippen molar-refractivity contribution in [2.24, 2.45) is 0 Å². The van der Waals surface area contributed by atoms with Crippen molar-refractivity contribution in [1.82, 2.24) is 5.32 Å². The highest BCUT2D eigenvalue weighted by atomic mass is 16.5. The van der Waals surface area contributed by atoms with Gasteiger partial charge in [0.1, 0.15) is 0 Å². The van der Waals surface area contributed by atoms with Gasteiger partial charge in [0, 0.05) is 19.8 Å². The van der Waals surface area contributed by atoms with Crippen LogP contribution >= 0.6 is 0 Å². The van der Waals surface area contributed by atoms with Gasteiger partial charge in [-0.2, -0.15) is 0 Å². The van der Waals surface area contributed by atoms with Crippen molar-refractivity contribution in [2.45, 2.75) is 50.9 Å². The molecule has 1 amide bonds. The van der Waals surface area contributed by atoms with Gasteiger partial charge in [-0.1, -0.05) is 37.5 Å². The molecule has 1 fully saturated rings. The quantitative estimate of drug-likeness (QED) is 0.849. The molecule has 0 heterocycles. The minimum Gasteiger partial charge on any atom is -0.380 e. The van der Waals surface area contributed by atoms with Gasteiger partial charge in [0.05, 0.1) is 18.8 Å². The first-order chi connectivity index (χ1) is 10.3. The SMILES string of the molecule is COCc1ccccc1C(=O)N[C@H]1CCCCC[C@H]1OC. The molecule has 4 heteroatoms. The largest absolute Gasteiger partial charge is 0.380 e. The number of nitrogens with one attached hydrogen (secondary N) is 1. The molecule has 1 saturated carbocycles. The van der Waals surface area contributed by atoms with E-state index in [1.807, 2.05) is 24.3 Å². The maximum atomic E-state index is 12.6. The van der Waals surface area contributed by atoms with Crippen molar-refractivity contribution < 1.29 is 14.3 Å². The van der Waals surface area contributed by atoms with Crippen molar-refractivity contribution in [3.05, 3.63) is 35.4 Å². The van der Waals surface area contributed by atoms with Gasteiger partial charge < -0.3 is 14.8 Å². The number of carbonyl (C=O) groups excluding carboxylic acids is 1. The first kappa shape index (κ1) is 16.0. The van der Waals surface area contributed by atoms with Crippen LogP contribution in [-0.2, 0) is 16.1 Å². The summed E-state index contributed by atoms with van der Waals surface area (Å²) in [5, 5.41) is 3.16. The Morgan fingerprint density at radius 2 is 1.95 bits per heavy atom. The lowest BCUT2D eigenvalue weighted by atomic mass is 10.0. The molecule has 1 aromatic carbocycles. The number of carbonyl (C=O) groups is 1. The lowest BCUT2D eigenvalue weighted by molar-refractivity contribution is 0.0567. The number of amides is 1. The molecule has 0 saturated heterocycles. The molecular weight excluding hydrogens is 266 g/mol. The van der Waals surface area contributed by atoms with E-state index in [4.69, 9.17) is 9.47 Å². The predicted octanol–water partition coefficient (Wildman–Crippen LogP) is 2.91. The van der Waals surface area contributed by atoms with Crippen LogP contribution in [0.2, 0.25) is 0 Å². The second-order valence-electron chi connectivity index (χ2n) is 5.58. The summed E-state index contributed by atoms with van der Waals surface area (Å²) in [4.78, 5) is 12.6. The Labute approximate surface area is 126 Å². The van der Waals surface area contributed by atoms with E-state index in [1.165, 1.54) is 12.8 Å². The van der Waals surface area contributed by atoms with Gasteiger partial charge in [0.25, 0.3) is 5.91 Å². The molecule has 4 nitrogen and oxygen atoms in total. The third kappa shape index (κ3) is 4.29. The maximum absolute atomic E-state index is 12.6. The van der Waals surface area contributed by atoms with E-state index < -0.39 is 0 Å². The van der Waals surface area contributed by atoms with Crippen LogP contribution in [0.15, 0.2) is 24.3 Å². The average Bonchev–Trinajstić information content (AvgIpc) is 2.73. The molecule has 0 radical (unpaired) electrons. The minimum absolute atomic E-state index is 0.0309. The summed E-state index contributed by atoms with van der Waals surface area (Å²) >= 11 is 0. The molecule has 21 heavy (non-hydrogen) atoms. The summed E-state index contributed by atoms with van der Waals surface area (Å²) in [5.41, 5.74) is 1.61. The van der Waals surface area contributed by atoms with Gasteiger partial charge >= 0.3 is 0 Å². The van der Waals surface area contributed by atoms with Crippen LogP contribution in [0, 0.1) is 0 Å². The Hall–Kier alpha value is -1.39. The van der Waals surface area contributed by atoms with Crippen molar-refractivity contribution in [2.75, 3.05) is 14.2 Å². The minimum atomic E-state index is -0.0309. The lowest BCUT2D eigenvalue weighted by Gasteiger charge is -2.25. The molecule has 1 aliphatic carbocycles. The third-order valence-corrected chi connectivity index (χ3v) is 4.13. The second-order valence-corrected chi connectivity index (χ2v) is 5.58. The molecule has 0 aromatic heterocycles. The number of benzene rings is 1. The Morgan fingerprint density at radius 3 is 2.71 bits per heavy atom. The van der Waals surface area contributed by atoms with E-state index in [2.05, 4.69) is 5.32 Å². The van der Waals surface area contributed by atoms with Gasteiger partial charge in [-0.05, 0) is 24.5 Å². The number of rotatable bonds is 5. The Kier molecular flexibility index (Phi) is 6.21. The molecule has 1 N–H and O–H groups in total. The zero-order valence-electron chi connectivity index (χ0n) is 12.9. The zero-order chi connectivity index (χ0) is 15.1. The summed E-state index contributed by atoms with van der Waals surface area (Å²) in [5.74, 6) is -0.0309. The van der Waals surface area contributed by atoms with E-state index in [0.717, 1.165) is 24.8 Å². The van der Waals surface area contributed by atoms with Crippen LogP contribution in [0.3, 0.4) is 0 Å². The fourth-order valence-electron chi connectivity index (χ4n) is 2.99.